The predicted molar refractivity (Wildman–Crippen MR) is 79.9 cm³/mol. The number of hydrazine groups is 1. The minimum atomic E-state index is 0.396. The molecule has 0 spiro atoms. The van der Waals surface area contributed by atoms with Crippen LogP contribution in [0.15, 0.2) is 6.07 Å². The third-order valence-electron chi connectivity index (χ3n) is 2.54. The van der Waals surface area contributed by atoms with Crippen LogP contribution in [-0.2, 0) is 6.42 Å². The largest absolute Gasteiger partial charge is 0.367 e. The first-order chi connectivity index (χ1) is 8.69. The van der Waals surface area contributed by atoms with E-state index >= 15 is 0 Å². The van der Waals surface area contributed by atoms with Gasteiger partial charge in [0.15, 0.2) is 0 Å². The molecule has 0 aliphatic carbocycles. The van der Waals surface area contributed by atoms with Crippen molar-refractivity contribution >= 4 is 23.4 Å². The van der Waals surface area contributed by atoms with Crippen LogP contribution in [-0.4, -0.2) is 28.0 Å². The first kappa shape index (κ1) is 15.0. The summed E-state index contributed by atoms with van der Waals surface area (Å²) in [5, 5.41) is 3.39. The molecule has 5 nitrogen and oxygen atoms in total. The summed E-state index contributed by atoms with van der Waals surface area (Å²) in [5.74, 6) is 8.89. The van der Waals surface area contributed by atoms with Crippen molar-refractivity contribution in [2.24, 2.45) is 5.84 Å². The minimum Gasteiger partial charge on any atom is -0.367 e. The monoisotopic (exact) mass is 269 g/mol. The zero-order valence-corrected chi connectivity index (χ0v) is 12.2. The standard InChI is InChI=1S/C12H23N5S/c1-4-5-10-15-11(8-12(16-10)17-13)14-9(2)6-7-18-3/h8-9H,4-7,13H2,1-3H3,(H2,14,15,16,17). The number of nitrogen functional groups attached to an aromatic ring is 1. The molecule has 0 aromatic carbocycles. The number of rotatable bonds is 8. The minimum absolute atomic E-state index is 0.396. The van der Waals surface area contributed by atoms with Crippen molar-refractivity contribution in [3.05, 3.63) is 11.9 Å². The van der Waals surface area contributed by atoms with Crippen molar-refractivity contribution in [1.29, 1.82) is 0 Å². The quantitative estimate of drug-likeness (QED) is 0.496. The fourth-order valence-electron chi connectivity index (χ4n) is 1.60. The molecule has 1 rings (SSSR count). The van der Waals surface area contributed by atoms with E-state index in [2.05, 4.69) is 40.8 Å². The molecular formula is C12H23N5S. The van der Waals surface area contributed by atoms with Gasteiger partial charge in [-0.05, 0) is 31.8 Å². The highest BCUT2D eigenvalue weighted by molar-refractivity contribution is 7.98. The van der Waals surface area contributed by atoms with Gasteiger partial charge >= 0.3 is 0 Å². The second-order valence-electron chi connectivity index (χ2n) is 4.28. The highest BCUT2D eigenvalue weighted by Gasteiger charge is 2.06. The van der Waals surface area contributed by atoms with Crippen molar-refractivity contribution in [2.75, 3.05) is 22.8 Å². The molecule has 0 amide bonds. The Morgan fingerprint density at radius 1 is 1.39 bits per heavy atom. The topological polar surface area (TPSA) is 75.9 Å². The zero-order chi connectivity index (χ0) is 13.4. The molecular weight excluding hydrogens is 246 g/mol. The maximum atomic E-state index is 5.42. The van der Waals surface area contributed by atoms with Gasteiger partial charge in [-0.3, -0.25) is 0 Å². The molecule has 1 unspecified atom stereocenters. The van der Waals surface area contributed by atoms with Crippen molar-refractivity contribution < 1.29 is 0 Å². The van der Waals surface area contributed by atoms with Crippen LogP contribution in [0.3, 0.4) is 0 Å². The van der Waals surface area contributed by atoms with E-state index in [-0.39, 0.29) is 0 Å². The fraction of sp³-hybridized carbons (Fsp3) is 0.667. The molecule has 0 aliphatic heterocycles. The third kappa shape index (κ3) is 5.10. The molecule has 1 heterocycles. The molecule has 0 saturated carbocycles. The zero-order valence-electron chi connectivity index (χ0n) is 11.4. The SMILES string of the molecule is CCCc1nc(NN)cc(NC(C)CCSC)n1. The second kappa shape index (κ2) is 8.16. The van der Waals surface area contributed by atoms with Gasteiger partial charge in [-0.25, -0.2) is 15.8 Å². The van der Waals surface area contributed by atoms with Crippen molar-refractivity contribution in [2.45, 2.75) is 39.2 Å². The Kier molecular flexibility index (Phi) is 6.82. The fourth-order valence-corrected chi connectivity index (χ4v) is 2.19. The summed E-state index contributed by atoms with van der Waals surface area (Å²) < 4.78 is 0. The van der Waals surface area contributed by atoms with E-state index in [4.69, 9.17) is 5.84 Å². The number of anilines is 2. The predicted octanol–water partition coefficient (Wildman–Crippen LogP) is 2.27. The van der Waals surface area contributed by atoms with E-state index in [0.717, 1.165) is 36.7 Å². The van der Waals surface area contributed by atoms with Gasteiger partial charge in [0.1, 0.15) is 17.5 Å². The normalized spacial score (nSPS) is 12.2. The average Bonchev–Trinajstić information content (AvgIpc) is 2.36. The van der Waals surface area contributed by atoms with Crippen LogP contribution in [0, 0.1) is 0 Å². The summed E-state index contributed by atoms with van der Waals surface area (Å²) >= 11 is 1.85. The number of aryl methyl sites for hydroxylation is 1. The molecule has 0 saturated heterocycles. The van der Waals surface area contributed by atoms with Crippen molar-refractivity contribution in [3.63, 3.8) is 0 Å². The summed E-state index contributed by atoms with van der Waals surface area (Å²) in [7, 11) is 0. The van der Waals surface area contributed by atoms with Crippen LogP contribution in [0.1, 0.15) is 32.5 Å². The molecule has 18 heavy (non-hydrogen) atoms. The Hall–Kier alpha value is -1.01. The Morgan fingerprint density at radius 3 is 2.72 bits per heavy atom. The van der Waals surface area contributed by atoms with E-state index < -0.39 is 0 Å². The lowest BCUT2D eigenvalue weighted by atomic mass is 10.2. The van der Waals surface area contributed by atoms with Gasteiger partial charge in [0.2, 0.25) is 0 Å². The number of nitrogens with one attached hydrogen (secondary N) is 2. The third-order valence-corrected chi connectivity index (χ3v) is 3.19. The average molecular weight is 269 g/mol. The maximum absolute atomic E-state index is 5.42. The molecule has 102 valence electrons. The molecule has 6 heteroatoms. The van der Waals surface area contributed by atoms with Crippen LogP contribution in [0.4, 0.5) is 11.6 Å². The van der Waals surface area contributed by atoms with Crippen LogP contribution >= 0.6 is 11.8 Å². The number of hydrogen-bond donors (Lipinski definition) is 3. The summed E-state index contributed by atoms with van der Waals surface area (Å²) in [6, 6.07) is 2.24. The van der Waals surface area contributed by atoms with Gasteiger partial charge in [-0.1, -0.05) is 6.92 Å². The molecule has 0 fully saturated rings. The van der Waals surface area contributed by atoms with E-state index in [1.54, 1.807) is 0 Å². The van der Waals surface area contributed by atoms with Gasteiger partial charge < -0.3 is 10.7 Å². The van der Waals surface area contributed by atoms with Gasteiger partial charge in [0.25, 0.3) is 0 Å². The molecule has 0 radical (unpaired) electrons. The second-order valence-corrected chi connectivity index (χ2v) is 5.26. The molecule has 0 bridgehead atoms. The molecule has 0 aliphatic rings. The molecule has 4 N–H and O–H groups in total. The van der Waals surface area contributed by atoms with Gasteiger partial charge in [0, 0.05) is 18.5 Å². The number of nitrogens with two attached hydrogens (primary N) is 1. The van der Waals surface area contributed by atoms with Gasteiger partial charge in [0.05, 0.1) is 0 Å². The highest BCUT2D eigenvalue weighted by Crippen LogP contribution is 2.14. The van der Waals surface area contributed by atoms with Crippen LogP contribution in [0.2, 0.25) is 0 Å². The van der Waals surface area contributed by atoms with E-state index in [1.165, 1.54) is 0 Å². The summed E-state index contributed by atoms with van der Waals surface area (Å²) in [5.41, 5.74) is 2.59. The Morgan fingerprint density at radius 2 is 2.11 bits per heavy atom. The lowest BCUT2D eigenvalue weighted by molar-refractivity contribution is 0.759. The maximum Gasteiger partial charge on any atom is 0.145 e. The van der Waals surface area contributed by atoms with Crippen molar-refractivity contribution in [3.8, 4) is 0 Å². The Labute approximate surface area is 113 Å². The summed E-state index contributed by atoms with van der Waals surface area (Å²) in [6.07, 6.45) is 5.12. The Balaban J connectivity index is 2.71. The number of hydrogen-bond acceptors (Lipinski definition) is 6. The summed E-state index contributed by atoms with van der Waals surface area (Å²) in [4.78, 5) is 8.81. The smallest absolute Gasteiger partial charge is 0.145 e. The number of aromatic nitrogens is 2. The van der Waals surface area contributed by atoms with E-state index in [0.29, 0.717) is 11.9 Å². The van der Waals surface area contributed by atoms with Crippen LogP contribution < -0.4 is 16.6 Å². The van der Waals surface area contributed by atoms with Crippen molar-refractivity contribution in [1.82, 2.24) is 9.97 Å². The van der Waals surface area contributed by atoms with E-state index in [9.17, 15) is 0 Å². The van der Waals surface area contributed by atoms with E-state index in [1.807, 2.05) is 17.8 Å². The summed E-state index contributed by atoms with van der Waals surface area (Å²) in [6.45, 7) is 4.27. The van der Waals surface area contributed by atoms with Crippen LogP contribution in [0.25, 0.3) is 0 Å². The van der Waals surface area contributed by atoms with Gasteiger partial charge in [-0.15, -0.1) is 0 Å². The highest BCUT2D eigenvalue weighted by atomic mass is 32.2. The molecule has 1 aromatic rings. The lowest BCUT2D eigenvalue weighted by Crippen LogP contribution is -2.18. The first-order valence-electron chi connectivity index (χ1n) is 6.29. The Bertz CT molecular complexity index is 358. The molecule has 1 atom stereocenters. The van der Waals surface area contributed by atoms with Gasteiger partial charge in [-0.2, -0.15) is 11.8 Å². The number of nitrogens with zero attached hydrogens (tertiary/aromatic N) is 2. The lowest BCUT2D eigenvalue weighted by Gasteiger charge is -2.15. The van der Waals surface area contributed by atoms with Crippen LogP contribution in [0.5, 0.6) is 0 Å². The molecule has 1 aromatic heterocycles. The first-order valence-corrected chi connectivity index (χ1v) is 7.69. The number of thioether (sulfide) groups is 1.